The molecule has 0 radical (unpaired) electrons. The standard InChI is InChI=1S/C16H24N2O3/c1-3-21-13-4-5-14(11(2)10-13)18-16(19)15(17)12-6-8-20-9-7-12/h4-5,10,12,15H,3,6-9,17H2,1-2H3,(H,18,19). The topological polar surface area (TPSA) is 73.6 Å². The van der Waals surface area contributed by atoms with E-state index in [1.165, 1.54) is 0 Å². The van der Waals surface area contributed by atoms with Crippen molar-refractivity contribution in [3.05, 3.63) is 23.8 Å². The highest BCUT2D eigenvalue weighted by molar-refractivity contribution is 5.95. The second-order valence-electron chi connectivity index (χ2n) is 5.37. The van der Waals surface area contributed by atoms with Crippen LogP contribution in [0.2, 0.25) is 0 Å². The Morgan fingerprint density at radius 2 is 2.19 bits per heavy atom. The van der Waals surface area contributed by atoms with Crippen LogP contribution in [0.5, 0.6) is 5.75 Å². The minimum atomic E-state index is -0.486. The van der Waals surface area contributed by atoms with Gasteiger partial charge in [-0.25, -0.2) is 0 Å². The molecule has 0 saturated carbocycles. The molecule has 1 aliphatic rings. The van der Waals surface area contributed by atoms with Crippen molar-refractivity contribution in [1.29, 1.82) is 0 Å². The predicted molar refractivity (Wildman–Crippen MR) is 82.5 cm³/mol. The molecule has 3 N–H and O–H groups in total. The minimum Gasteiger partial charge on any atom is -0.494 e. The molecule has 0 spiro atoms. The highest BCUT2D eigenvalue weighted by Gasteiger charge is 2.26. The number of hydrogen-bond acceptors (Lipinski definition) is 4. The molecular formula is C16H24N2O3. The van der Waals surface area contributed by atoms with E-state index in [0.29, 0.717) is 19.8 Å². The van der Waals surface area contributed by atoms with Gasteiger partial charge in [0.2, 0.25) is 5.91 Å². The second kappa shape index (κ2) is 7.43. The summed E-state index contributed by atoms with van der Waals surface area (Å²) in [5, 5.41) is 2.92. The van der Waals surface area contributed by atoms with Crippen LogP contribution in [0.4, 0.5) is 5.69 Å². The van der Waals surface area contributed by atoms with Crippen molar-refractivity contribution in [3.63, 3.8) is 0 Å². The number of ether oxygens (including phenoxy) is 2. The molecule has 21 heavy (non-hydrogen) atoms. The summed E-state index contributed by atoms with van der Waals surface area (Å²) in [5.41, 5.74) is 7.82. The summed E-state index contributed by atoms with van der Waals surface area (Å²) in [7, 11) is 0. The molecule has 5 nitrogen and oxygen atoms in total. The van der Waals surface area contributed by atoms with E-state index in [0.717, 1.165) is 29.8 Å². The van der Waals surface area contributed by atoms with E-state index in [1.54, 1.807) is 0 Å². The van der Waals surface area contributed by atoms with E-state index in [4.69, 9.17) is 15.2 Å². The van der Waals surface area contributed by atoms with Crippen molar-refractivity contribution in [3.8, 4) is 5.75 Å². The van der Waals surface area contributed by atoms with Crippen LogP contribution < -0.4 is 15.8 Å². The van der Waals surface area contributed by atoms with E-state index in [-0.39, 0.29) is 11.8 Å². The highest BCUT2D eigenvalue weighted by Crippen LogP contribution is 2.23. The van der Waals surface area contributed by atoms with Crippen molar-refractivity contribution in [2.75, 3.05) is 25.1 Å². The van der Waals surface area contributed by atoms with Crippen molar-refractivity contribution >= 4 is 11.6 Å². The fraction of sp³-hybridized carbons (Fsp3) is 0.562. The molecule has 116 valence electrons. The zero-order chi connectivity index (χ0) is 15.2. The molecule has 1 heterocycles. The first-order chi connectivity index (χ1) is 10.1. The molecule has 2 rings (SSSR count). The molecule has 1 amide bonds. The van der Waals surface area contributed by atoms with Crippen molar-refractivity contribution in [2.24, 2.45) is 11.7 Å². The second-order valence-corrected chi connectivity index (χ2v) is 5.37. The smallest absolute Gasteiger partial charge is 0.241 e. The van der Waals surface area contributed by atoms with Crippen LogP contribution in [0.15, 0.2) is 18.2 Å². The Morgan fingerprint density at radius 1 is 1.48 bits per heavy atom. The summed E-state index contributed by atoms with van der Waals surface area (Å²) in [6, 6.07) is 5.14. The summed E-state index contributed by atoms with van der Waals surface area (Å²) in [6.07, 6.45) is 1.69. The Balaban J connectivity index is 1.98. The normalized spacial score (nSPS) is 17.3. The van der Waals surface area contributed by atoms with Gasteiger partial charge in [-0.05, 0) is 56.4 Å². The molecule has 1 fully saturated rings. The lowest BCUT2D eigenvalue weighted by Crippen LogP contribution is -2.44. The van der Waals surface area contributed by atoms with Gasteiger partial charge in [-0.15, -0.1) is 0 Å². The van der Waals surface area contributed by atoms with Crippen molar-refractivity contribution < 1.29 is 14.3 Å². The average molecular weight is 292 g/mol. The molecule has 0 aliphatic carbocycles. The maximum absolute atomic E-state index is 12.3. The van der Waals surface area contributed by atoms with Gasteiger partial charge in [0.15, 0.2) is 0 Å². The molecule has 0 bridgehead atoms. The Kier molecular flexibility index (Phi) is 5.59. The lowest BCUT2D eigenvalue weighted by Gasteiger charge is -2.27. The molecule has 1 aliphatic heterocycles. The quantitative estimate of drug-likeness (QED) is 0.871. The number of carbonyl (C=O) groups is 1. The first kappa shape index (κ1) is 15.8. The zero-order valence-electron chi connectivity index (χ0n) is 12.7. The number of anilines is 1. The predicted octanol–water partition coefficient (Wildman–Crippen LogP) is 2.09. The van der Waals surface area contributed by atoms with Crippen molar-refractivity contribution in [1.82, 2.24) is 0 Å². The zero-order valence-corrected chi connectivity index (χ0v) is 12.7. The molecule has 1 atom stereocenters. The summed E-state index contributed by atoms with van der Waals surface area (Å²) >= 11 is 0. The third kappa shape index (κ3) is 4.19. The SMILES string of the molecule is CCOc1ccc(NC(=O)C(N)C2CCOCC2)c(C)c1. The number of nitrogens with one attached hydrogen (secondary N) is 1. The van der Waals surface area contributed by atoms with Crippen LogP contribution in [0.3, 0.4) is 0 Å². The van der Waals surface area contributed by atoms with Gasteiger partial charge in [-0.3, -0.25) is 4.79 Å². The summed E-state index contributed by atoms with van der Waals surface area (Å²) < 4.78 is 10.7. The van der Waals surface area contributed by atoms with Crippen LogP contribution in [-0.2, 0) is 9.53 Å². The maximum atomic E-state index is 12.3. The lowest BCUT2D eigenvalue weighted by molar-refractivity contribution is -0.119. The van der Waals surface area contributed by atoms with E-state index in [9.17, 15) is 4.79 Å². The number of amides is 1. The van der Waals surface area contributed by atoms with Gasteiger partial charge in [0.25, 0.3) is 0 Å². The van der Waals surface area contributed by atoms with Gasteiger partial charge < -0.3 is 20.5 Å². The number of hydrogen-bond donors (Lipinski definition) is 2. The summed E-state index contributed by atoms with van der Waals surface area (Å²) in [4.78, 5) is 12.3. The molecule has 1 saturated heterocycles. The first-order valence-corrected chi connectivity index (χ1v) is 7.49. The molecule has 0 aromatic heterocycles. The summed E-state index contributed by atoms with van der Waals surface area (Å²) in [6.45, 7) is 5.89. The van der Waals surface area contributed by atoms with Crippen LogP contribution in [0.25, 0.3) is 0 Å². The third-order valence-electron chi connectivity index (χ3n) is 3.84. The van der Waals surface area contributed by atoms with E-state index in [2.05, 4.69) is 5.32 Å². The van der Waals surface area contributed by atoms with E-state index >= 15 is 0 Å². The van der Waals surface area contributed by atoms with E-state index in [1.807, 2.05) is 32.0 Å². The fourth-order valence-electron chi connectivity index (χ4n) is 2.54. The molecule has 1 aromatic rings. The Labute approximate surface area is 125 Å². The van der Waals surface area contributed by atoms with Gasteiger partial charge >= 0.3 is 0 Å². The van der Waals surface area contributed by atoms with Gasteiger partial charge in [0.05, 0.1) is 12.6 Å². The molecule has 1 aromatic carbocycles. The number of nitrogens with two attached hydrogens (primary N) is 1. The van der Waals surface area contributed by atoms with Gasteiger partial charge in [0, 0.05) is 18.9 Å². The molecular weight excluding hydrogens is 268 g/mol. The third-order valence-corrected chi connectivity index (χ3v) is 3.84. The Bertz CT molecular complexity index is 484. The average Bonchev–Trinajstić information content (AvgIpc) is 2.50. The van der Waals surface area contributed by atoms with Crippen LogP contribution in [0.1, 0.15) is 25.3 Å². The highest BCUT2D eigenvalue weighted by atomic mass is 16.5. The van der Waals surface area contributed by atoms with E-state index < -0.39 is 6.04 Å². The maximum Gasteiger partial charge on any atom is 0.241 e. The lowest BCUT2D eigenvalue weighted by atomic mass is 9.92. The van der Waals surface area contributed by atoms with Gasteiger partial charge in [-0.1, -0.05) is 0 Å². The van der Waals surface area contributed by atoms with Gasteiger partial charge in [-0.2, -0.15) is 0 Å². The number of benzene rings is 1. The van der Waals surface area contributed by atoms with Gasteiger partial charge in [0.1, 0.15) is 5.75 Å². The van der Waals surface area contributed by atoms with Crippen molar-refractivity contribution in [2.45, 2.75) is 32.7 Å². The first-order valence-electron chi connectivity index (χ1n) is 7.49. The van der Waals surface area contributed by atoms with Crippen LogP contribution in [0, 0.1) is 12.8 Å². The fourth-order valence-corrected chi connectivity index (χ4v) is 2.54. The molecule has 5 heteroatoms. The van der Waals surface area contributed by atoms with Crippen LogP contribution in [-0.4, -0.2) is 31.8 Å². The number of carbonyl (C=O) groups excluding carboxylic acids is 1. The minimum absolute atomic E-state index is 0.130. The monoisotopic (exact) mass is 292 g/mol. The molecule has 1 unspecified atom stereocenters. The van der Waals surface area contributed by atoms with Crippen LogP contribution >= 0.6 is 0 Å². The largest absolute Gasteiger partial charge is 0.494 e. The Hall–Kier alpha value is -1.59. The Morgan fingerprint density at radius 3 is 2.81 bits per heavy atom. The number of rotatable bonds is 5. The summed E-state index contributed by atoms with van der Waals surface area (Å²) in [5.74, 6) is 0.873. The number of aryl methyl sites for hydroxylation is 1.